The molecule has 2 N–H and O–H groups in total. The molecule has 0 bridgehead atoms. The number of hydrogen-bond acceptors (Lipinski definition) is 2. The summed E-state index contributed by atoms with van der Waals surface area (Å²) >= 11 is 0. The van der Waals surface area contributed by atoms with E-state index in [1.54, 1.807) is 12.5 Å². The Morgan fingerprint density at radius 1 is 1.67 bits per heavy atom. The van der Waals surface area contributed by atoms with E-state index in [0.717, 1.165) is 12.1 Å². The van der Waals surface area contributed by atoms with Gasteiger partial charge in [-0.05, 0) is 5.92 Å². The van der Waals surface area contributed by atoms with Gasteiger partial charge in [-0.1, -0.05) is 20.3 Å². The molecule has 2 unspecified atom stereocenters. The second-order valence-electron chi connectivity index (χ2n) is 3.18. The summed E-state index contributed by atoms with van der Waals surface area (Å²) < 4.78 is 0. The van der Waals surface area contributed by atoms with Gasteiger partial charge in [-0.25, -0.2) is 4.98 Å². The van der Waals surface area contributed by atoms with Crippen molar-refractivity contribution in [2.75, 3.05) is 6.61 Å². The van der Waals surface area contributed by atoms with Crippen molar-refractivity contribution in [3.8, 4) is 0 Å². The van der Waals surface area contributed by atoms with E-state index in [1.165, 1.54) is 0 Å². The topological polar surface area (TPSA) is 48.9 Å². The van der Waals surface area contributed by atoms with Crippen LogP contribution >= 0.6 is 0 Å². The maximum Gasteiger partial charge on any atom is 0.0921 e. The van der Waals surface area contributed by atoms with E-state index in [1.807, 2.05) is 0 Å². The quantitative estimate of drug-likeness (QED) is 0.716. The van der Waals surface area contributed by atoms with Crippen molar-refractivity contribution in [2.45, 2.75) is 26.2 Å². The lowest BCUT2D eigenvalue weighted by Gasteiger charge is -2.18. The summed E-state index contributed by atoms with van der Waals surface area (Å²) in [5, 5.41) is 9.15. The summed E-state index contributed by atoms with van der Waals surface area (Å²) in [7, 11) is 0. The summed E-state index contributed by atoms with van der Waals surface area (Å²) in [4.78, 5) is 6.97. The molecule has 0 fully saturated rings. The Labute approximate surface area is 72.8 Å². The van der Waals surface area contributed by atoms with Gasteiger partial charge in [-0.2, -0.15) is 0 Å². The third-order valence-electron chi connectivity index (χ3n) is 2.45. The van der Waals surface area contributed by atoms with Gasteiger partial charge in [0, 0.05) is 17.8 Å². The van der Waals surface area contributed by atoms with E-state index in [0.29, 0.717) is 5.92 Å². The zero-order valence-corrected chi connectivity index (χ0v) is 7.62. The first-order valence-electron chi connectivity index (χ1n) is 4.38. The third kappa shape index (κ3) is 1.85. The van der Waals surface area contributed by atoms with E-state index >= 15 is 0 Å². The number of aliphatic hydroxyl groups is 1. The Bertz CT molecular complexity index is 208. The first kappa shape index (κ1) is 9.26. The minimum Gasteiger partial charge on any atom is -0.396 e. The lowest BCUT2D eigenvalue weighted by Crippen LogP contribution is -2.13. The van der Waals surface area contributed by atoms with Crippen LogP contribution < -0.4 is 0 Å². The van der Waals surface area contributed by atoms with Gasteiger partial charge in [0.15, 0.2) is 0 Å². The molecule has 0 aliphatic heterocycles. The van der Waals surface area contributed by atoms with Gasteiger partial charge >= 0.3 is 0 Å². The van der Waals surface area contributed by atoms with Gasteiger partial charge in [-0.3, -0.25) is 0 Å². The number of rotatable bonds is 4. The van der Waals surface area contributed by atoms with Crippen molar-refractivity contribution >= 4 is 0 Å². The van der Waals surface area contributed by atoms with Gasteiger partial charge in [0.2, 0.25) is 0 Å². The summed E-state index contributed by atoms with van der Waals surface area (Å²) in [6, 6.07) is 0. The number of imidazole rings is 1. The predicted molar refractivity (Wildman–Crippen MR) is 47.9 cm³/mol. The molecule has 0 saturated heterocycles. The van der Waals surface area contributed by atoms with Crippen LogP contribution in [0.25, 0.3) is 0 Å². The molecule has 0 amide bonds. The van der Waals surface area contributed by atoms with Crippen LogP contribution in [0.4, 0.5) is 0 Å². The molecule has 0 aliphatic carbocycles. The minimum absolute atomic E-state index is 0.192. The molecule has 68 valence electrons. The number of hydrogen-bond donors (Lipinski definition) is 2. The number of aromatic amines is 1. The van der Waals surface area contributed by atoms with Crippen molar-refractivity contribution in [1.29, 1.82) is 0 Å². The van der Waals surface area contributed by atoms with Crippen LogP contribution in [0, 0.1) is 5.92 Å². The Kier molecular flexibility index (Phi) is 3.29. The predicted octanol–water partition coefficient (Wildman–Crippen LogP) is 1.53. The third-order valence-corrected chi connectivity index (χ3v) is 2.45. The number of nitrogens with zero attached hydrogens (tertiary/aromatic N) is 1. The maximum atomic E-state index is 9.15. The molecular formula is C9H16N2O. The average molecular weight is 168 g/mol. The maximum absolute atomic E-state index is 9.15. The summed E-state index contributed by atoms with van der Waals surface area (Å²) in [6.07, 6.45) is 4.51. The molecule has 1 aromatic heterocycles. The van der Waals surface area contributed by atoms with Gasteiger partial charge in [0.25, 0.3) is 0 Å². The Morgan fingerprint density at radius 3 is 2.83 bits per heavy atom. The largest absolute Gasteiger partial charge is 0.396 e. The Balaban J connectivity index is 2.69. The normalized spacial score (nSPS) is 15.9. The van der Waals surface area contributed by atoms with Crippen LogP contribution in [0.2, 0.25) is 0 Å². The highest BCUT2D eigenvalue weighted by Crippen LogP contribution is 2.23. The number of aliphatic hydroxyl groups excluding tert-OH is 1. The number of aromatic nitrogens is 2. The van der Waals surface area contributed by atoms with Gasteiger partial charge in [0.05, 0.1) is 12.9 Å². The Hall–Kier alpha value is -0.830. The second kappa shape index (κ2) is 4.26. The zero-order chi connectivity index (χ0) is 8.97. The van der Waals surface area contributed by atoms with Crippen molar-refractivity contribution < 1.29 is 5.11 Å². The lowest BCUT2D eigenvalue weighted by molar-refractivity contribution is 0.226. The molecule has 12 heavy (non-hydrogen) atoms. The van der Waals surface area contributed by atoms with E-state index in [-0.39, 0.29) is 12.5 Å². The molecule has 0 saturated carbocycles. The Morgan fingerprint density at radius 2 is 2.42 bits per heavy atom. The standard InChI is InChI=1S/C9H16N2O/c1-3-7(2)8(5-12)9-4-10-6-11-9/h4,6-8,12H,3,5H2,1-2H3,(H,10,11). The molecule has 0 spiro atoms. The molecule has 1 heterocycles. The molecular weight excluding hydrogens is 152 g/mol. The zero-order valence-electron chi connectivity index (χ0n) is 7.62. The highest BCUT2D eigenvalue weighted by atomic mass is 16.3. The van der Waals surface area contributed by atoms with E-state index in [4.69, 9.17) is 5.11 Å². The smallest absolute Gasteiger partial charge is 0.0921 e. The first-order chi connectivity index (χ1) is 5.79. The molecule has 1 aromatic rings. The van der Waals surface area contributed by atoms with Crippen LogP contribution in [0.5, 0.6) is 0 Å². The average Bonchev–Trinajstić information content (AvgIpc) is 2.58. The molecule has 0 aromatic carbocycles. The monoisotopic (exact) mass is 168 g/mol. The van der Waals surface area contributed by atoms with Crippen molar-refractivity contribution in [3.63, 3.8) is 0 Å². The van der Waals surface area contributed by atoms with E-state index < -0.39 is 0 Å². The van der Waals surface area contributed by atoms with Crippen LogP contribution in [0.3, 0.4) is 0 Å². The van der Waals surface area contributed by atoms with Crippen molar-refractivity contribution in [2.24, 2.45) is 5.92 Å². The molecule has 0 aliphatic rings. The summed E-state index contributed by atoms with van der Waals surface area (Å²) in [5.74, 6) is 0.702. The fraction of sp³-hybridized carbons (Fsp3) is 0.667. The van der Waals surface area contributed by atoms with Crippen molar-refractivity contribution in [1.82, 2.24) is 9.97 Å². The van der Waals surface area contributed by atoms with Crippen LogP contribution in [-0.4, -0.2) is 21.7 Å². The van der Waals surface area contributed by atoms with Crippen molar-refractivity contribution in [3.05, 3.63) is 18.2 Å². The first-order valence-corrected chi connectivity index (χ1v) is 4.38. The van der Waals surface area contributed by atoms with Gasteiger partial charge in [-0.15, -0.1) is 0 Å². The summed E-state index contributed by atoms with van der Waals surface area (Å²) in [5.41, 5.74) is 1.03. The van der Waals surface area contributed by atoms with E-state index in [9.17, 15) is 0 Å². The molecule has 3 nitrogen and oxygen atoms in total. The highest BCUT2D eigenvalue weighted by Gasteiger charge is 2.17. The van der Waals surface area contributed by atoms with Gasteiger partial charge in [0.1, 0.15) is 0 Å². The number of H-pyrrole nitrogens is 1. The molecule has 0 radical (unpaired) electrons. The van der Waals surface area contributed by atoms with Crippen LogP contribution in [0.1, 0.15) is 31.9 Å². The molecule has 1 rings (SSSR count). The number of nitrogens with one attached hydrogen (secondary N) is 1. The minimum atomic E-state index is 0.192. The fourth-order valence-electron chi connectivity index (χ4n) is 1.34. The highest BCUT2D eigenvalue weighted by molar-refractivity contribution is 5.04. The van der Waals surface area contributed by atoms with Crippen LogP contribution in [0.15, 0.2) is 12.5 Å². The molecule has 2 atom stereocenters. The SMILES string of the molecule is CCC(C)C(CO)c1cnc[nH]1. The molecule has 3 heteroatoms. The van der Waals surface area contributed by atoms with Crippen LogP contribution in [-0.2, 0) is 0 Å². The lowest BCUT2D eigenvalue weighted by atomic mass is 9.90. The van der Waals surface area contributed by atoms with Gasteiger partial charge < -0.3 is 10.1 Å². The second-order valence-corrected chi connectivity index (χ2v) is 3.18. The fourth-order valence-corrected chi connectivity index (χ4v) is 1.34. The van der Waals surface area contributed by atoms with E-state index in [2.05, 4.69) is 23.8 Å². The summed E-state index contributed by atoms with van der Waals surface area (Å²) in [6.45, 7) is 4.46.